The molecule has 0 aliphatic heterocycles. The molecule has 0 aliphatic carbocycles. The predicted octanol–water partition coefficient (Wildman–Crippen LogP) is 2.93. The second kappa shape index (κ2) is 3.96. The van der Waals surface area contributed by atoms with Crippen LogP contribution in [0.4, 0.5) is 10.3 Å². The molecule has 0 atom stereocenters. The molecule has 3 nitrogen and oxygen atoms in total. The van der Waals surface area contributed by atoms with Crippen LogP contribution < -0.4 is 5.73 Å². The molecule has 1 aromatic heterocycles. The molecule has 0 saturated carbocycles. The van der Waals surface area contributed by atoms with Crippen molar-refractivity contribution >= 4 is 5.88 Å². The predicted molar refractivity (Wildman–Crippen MR) is 60.4 cm³/mol. The quantitative estimate of drug-likeness (QED) is 0.846. The van der Waals surface area contributed by atoms with Crippen LogP contribution in [0.5, 0.6) is 0 Å². The van der Waals surface area contributed by atoms with Crippen LogP contribution in [0.15, 0.2) is 22.7 Å². The van der Waals surface area contributed by atoms with Gasteiger partial charge in [0.1, 0.15) is 11.5 Å². The molecule has 84 valence electrons. The van der Waals surface area contributed by atoms with E-state index < -0.39 is 0 Å². The molecule has 0 saturated heterocycles. The average molecular weight is 220 g/mol. The number of aromatic nitrogens is 1. The van der Waals surface area contributed by atoms with Crippen molar-refractivity contribution in [1.82, 2.24) is 5.16 Å². The first-order valence-electron chi connectivity index (χ1n) is 5.14. The Morgan fingerprint density at radius 2 is 2.19 bits per heavy atom. The Kier molecular flexibility index (Phi) is 2.64. The van der Waals surface area contributed by atoms with Crippen LogP contribution in [-0.2, 0) is 6.42 Å². The zero-order valence-corrected chi connectivity index (χ0v) is 9.25. The van der Waals surface area contributed by atoms with Gasteiger partial charge < -0.3 is 10.3 Å². The first-order chi connectivity index (χ1) is 7.63. The van der Waals surface area contributed by atoms with Crippen LogP contribution in [-0.4, -0.2) is 5.16 Å². The number of benzene rings is 1. The molecule has 0 amide bonds. The molecule has 4 heteroatoms. The van der Waals surface area contributed by atoms with Crippen molar-refractivity contribution in [3.8, 4) is 11.3 Å². The van der Waals surface area contributed by atoms with E-state index in [1.165, 1.54) is 6.07 Å². The molecule has 0 radical (unpaired) electrons. The molecular formula is C12H13FN2O. The van der Waals surface area contributed by atoms with Crippen molar-refractivity contribution in [2.24, 2.45) is 0 Å². The molecular weight excluding hydrogens is 207 g/mol. The lowest BCUT2D eigenvalue weighted by Crippen LogP contribution is -1.92. The SMILES string of the molecule is CCc1c(-c2ccc(C)cc2F)noc1N. The minimum absolute atomic E-state index is 0.262. The molecule has 2 N–H and O–H groups in total. The van der Waals surface area contributed by atoms with Crippen molar-refractivity contribution < 1.29 is 8.91 Å². The molecule has 2 rings (SSSR count). The van der Waals surface area contributed by atoms with E-state index >= 15 is 0 Å². The fraction of sp³-hybridized carbons (Fsp3) is 0.250. The Balaban J connectivity index is 2.58. The highest BCUT2D eigenvalue weighted by Crippen LogP contribution is 2.29. The summed E-state index contributed by atoms with van der Waals surface area (Å²) in [6.07, 6.45) is 0.665. The standard InChI is InChI=1S/C12H13FN2O/c1-3-8-11(15-16-12(8)14)9-5-4-7(2)6-10(9)13/h4-6H,3,14H2,1-2H3. The van der Waals surface area contributed by atoms with E-state index in [-0.39, 0.29) is 11.7 Å². The molecule has 0 spiro atoms. The zero-order chi connectivity index (χ0) is 11.7. The second-order valence-corrected chi connectivity index (χ2v) is 3.71. The number of aryl methyl sites for hydroxylation is 1. The number of anilines is 1. The van der Waals surface area contributed by atoms with Crippen LogP contribution >= 0.6 is 0 Å². The van der Waals surface area contributed by atoms with Crippen LogP contribution in [0.3, 0.4) is 0 Å². The maximum atomic E-state index is 13.7. The van der Waals surface area contributed by atoms with Crippen molar-refractivity contribution in [2.45, 2.75) is 20.3 Å². The Morgan fingerprint density at radius 1 is 1.44 bits per heavy atom. The molecule has 0 fully saturated rings. The monoisotopic (exact) mass is 220 g/mol. The Labute approximate surface area is 93.1 Å². The summed E-state index contributed by atoms with van der Waals surface area (Å²) in [5.74, 6) is -0.0412. The van der Waals surface area contributed by atoms with Crippen LogP contribution in [0, 0.1) is 12.7 Å². The van der Waals surface area contributed by atoms with Gasteiger partial charge in [-0.15, -0.1) is 0 Å². The van der Waals surface area contributed by atoms with Gasteiger partial charge in [0.25, 0.3) is 0 Å². The summed E-state index contributed by atoms with van der Waals surface area (Å²) in [4.78, 5) is 0. The number of rotatable bonds is 2. The highest BCUT2D eigenvalue weighted by molar-refractivity contribution is 5.67. The molecule has 16 heavy (non-hydrogen) atoms. The van der Waals surface area contributed by atoms with Crippen molar-refractivity contribution in [3.63, 3.8) is 0 Å². The summed E-state index contributed by atoms with van der Waals surface area (Å²) < 4.78 is 18.6. The van der Waals surface area contributed by atoms with Gasteiger partial charge in [-0.3, -0.25) is 0 Å². The summed E-state index contributed by atoms with van der Waals surface area (Å²) >= 11 is 0. The van der Waals surface area contributed by atoms with Gasteiger partial charge in [0.2, 0.25) is 5.88 Å². The molecule has 2 aromatic rings. The first-order valence-corrected chi connectivity index (χ1v) is 5.14. The van der Waals surface area contributed by atoms with Crippen LogP contribution in [0.1, 0.15) is 18.1 Å². The summed E-state index contributed by atoms with van der Waals surface area (Å²) in [5.41, 5.74) is 8.17. The lowest BCUT2D eigenvalue weighted by atomic mass is 10.0. The third-order valence-electron chi connectivity index (χ3n) is 2.55. The number of nitrogens with zero attached hydrogens (tertiary/aromatic N) is 1. The fourth-order valence-electron chi connectivity index (χ4n) is 1.69. The van der Waals surface area contributed by atoms with Gasteiger partial charge >= 0.3 is 0 Å². The molecule has 0 bridgehead atoms. The summed E-state index contributed by atoms with van der Waals surface area (Å²) in [5, 5.41) is 3.81. The Bertz CT molecular complexity index is 520. The minimum Gasteiger partial charge on any atom is -0.367 e. The molecule has 0 aliphatic rings. The number of nitrogen functional groups attached to an aromatic ring is 1. The number of nitrogens with two attached hydrogens (primary N) is 1. The molecule has 1 aromatic carbocycles. The van der Waals surface area contributed by atoms with E-state index in [0.29, 0.717) is 17.7 Å². The van der Waals surface area contributed by atoms with E-state index in [1.807, 2.05) is 19.9 Å². The third-order valence-corrected chi connectivity index (χ3v) is 2.55. The average Bonchev–Trinajstić information content (AvgIpc) is 2.59. The van der Waals surface area contributed by atoms with E-state index in [0.717, 1.165) is 11.1 Å². The lowest BCUT2D eigenvalue weighted by Gasteiger charge is -2.02. The Hall–Kier alpha value is -1.84. The molecule has 1 heterocycles. The Morgan fingerprint density at radius 3 is 2.81 bits per heavy atom. The topological polar surface area (TPSA) is 52.0 Å². The normalized spacial score (nSPS) is 10.7. The van der Waals surface area contributed by atoms with Crippen molar-refractivity contribution in [2.75, 3.05) is 5.73 Å². The van der Waals surface area contributed by atoms with Gasteiger partial charge in [-0.05, 0) is 31.0 Å². The summed E-state index contributed by atoms with van der Waals surface area (Å²) in [6.45, 7) is 3.77. The van der Waals surface area contributed by atoms with Gasteiger partial charge in [-0.1, -0.05) is 18.1 Å². The lowest BCUT2D eigenvalue weighted by molar-refractivity contribution is 0.438. The third kappa shape index (κ3) is 1.66. The van der Waals surface area contributed by atoms with E-state index in [1.54, 1.807) is 6.07 Å². The highest BCUT2D eigenvalue weighted by Gasteiger charge is 2.16. The smallest absolute Gasteiger partial charge is 0.225 e. The zero-order valence-electron chi connectivity index (χ0n) is 9.25. The fourth-order valence-corrected chi connectivity index (χ4v) is 1.69. The van der Waals surface area contributed by atoms with Crippen molar-refractivity contribution in [3.05, 3.63) is 35.1 Å². The maximum Gasteiger partial charge on any atom is 0.225 e. The van der Waals surface area contributed by atoms with Gasteiger partial charge in [-0.25, -0.2) is 4.39 Å². The molecule has 0 unspecified atom stereocenters. The van der Waals surface area contributed by atoms with Gasteiger partial charge in [0.15, 0.2) is 0 Å². The van der Waals surface area contributed by atoms with Gasteiger partial charge in [0, 0.05) is 11.1 Å². The maximum absolute atomic E-state index is 13.7. The second-order valence-electron chi connectivity index (χ2n) is 3.71. The number of halogens is 1. The van der Waals surface area contributed by atoms with Crippen LogP contribution in [0.25, 0.3) is 11.3 Å². The number of hydrogen-bond acceptors (Lipinski definition) is 3. The van der Waals surface area contributed by atoms with E-state index in [2.05, 4.69) is 5.16 Å². The van der Waals surface area contributed by atoms with Crippen molar-refractivity contribution in [1.29, 1.82) is 0 Å². The highest BCUT2D eigenvalue weighted by atomic mass is 19.1. The first kappa shape index (κ1) is 10.7. The number of hydrogen-bond donors (Lipinski definition) is 1. The summed E-state index contributed by atoms with van der Waals surface area (Å²) in [6, 6.07) is 5.00. The largest absolute Gasteiger partial charge is 0.367 e. The van der Waals surface area contributed by atoms with E-state index in [9.17, 15) is 4.39 Å². The van der Waals surface area contributed by atoms with Crippen LogP contribution in [0.2, 0.25) is 0 Å². The van der Waals surface area contributed by atoms with Gasteiger partial charge in [-0.2, -0.15) is 0 Å². The minimum atomic E-state index is -0.303. The van der Waals surface area contributed by atoms with Gasteiger partial charge in [0.05, 0.1) is 0 Å². The van der Waals surface area contributed by atoms with E-state index in [4.69, 9.17) is 10.3 Å². The summed E-state index contributed by atoms with van der Waals surface area (Å²) in [7, 11) is 0.